The summed E-state index contributed by atoms with van der Waals surface area (Å²) in [7, 11) is 5.46. The molecule has 0 fully saturated rings. The normalized spacial score (nSPS) is 15.4. The van der Waals surface area contributed by atoms with Crippen LogP contribution in [0.3, 0.4) is 0 Å². The van der Waals surface area contributed by atoms with Crippen molar-refractivity contribution in [1.29, 1.82) is 0 Å². The molecule has 7 nitrogen and oxygen atoms in total. The second-order valence-electron chi connectivity index (χ2n) is 8.09. The maximum Gasteiger partial charge on any atom is 0.240 e. The molecule has 2 heterocycles. The first-order valence-electron chi connectivity index (χ1n) is 10.4. The highest BCUT2D eigenvalue weighted by Crippen LogP contribution is 2.37. The van der Waals surface area contributed by atoms with Gasteiger partial charge in [0.05, 0.1) is 17.9 Å². The molecule has 2 amide bonds. The number of likely N-dealkylation sites (N-methyl/N-ethyl adjacent to an activating group) is 2. The molecule has 1 N–H and O–H groups in total. The molecule has 4 rings (SSSR count). The highest BCUT2D eigenvalue weighted by molar-refractivity contribution is 6.31. The number of nitrogens with zero attached hydrogens (tertiary/aromatic N) is 4. The molecule has 8 heteroatoms. The second kappa shape index (κ2) is 9.52. The van der Waals surface area contributed by atoms with Crippen LogP contribution in [0.4, 0.5) is 17.1 Å². The van der Waals surface area contributed by atoms with E-state index >= 15 is 0 Å². The maximum atomic E-state index is 13.0. The highest BCUT2D eigenvalue weighted by Gasteiger charge is 2.35. The van der Waals surface area contributed by atoms with E-state index in [1.54, 1.807) is 36.5 Å². The fourth-order valence-corrected chi connectivity index (χ4v) is 3.91. The van der Waals surface area contributed by atoms with Gasteiger partial charge in [-0.3, -0.25) is 19.6 Å². The molecule has 1 aromatic heterocycles. The van der Waals surface area contributed by atoms with Crippen molar-refractivity contribution in [2.45, 2.75) is 5.92 Å². The Kier molecular flexibility index (Phi) is 6.53. The largest absolute Gasteiger partial charge is 0.325 e. The first-order chi connectivity index (χ1) is 15.8. The number of hydrogen-bond donors (Lipinski definition) is 1. The number of carbonyl (C=O) groups is 2. The number of rotatable bonds is 6. The van der Waals surface area contributed by atoms with Crippen molar-refractivity contribution >= 4 is 46.2 Å². The molecular weight excluding hydrogens is 438 g/mol. The standard InChI is InChI=1S/C25H24ClN5O2/c1-30(2)15-22(32)31(3)19-7-5-18(6-8-19)28-24(16-10-12-27-13-11-16)23-20-9-4-17(26)14-21(20)29-25(23)33/h4-14,23H,15H2,1-3H3,(H,29,33). The molecule has 168 valence electrons. The van der Waals surface area contributed by atoms with E-state index in [0.717, 1.165) is 16.8 Å². The summed E-state index contributed by atoms with van der Waals surface area (Å²) in [5, 5.41) is 3.46. The third-order valence-corrected chi connectivity index (χ3v) is 5.64. The van der Waals surface area contributed by atoms with Gasteiger partial charge in [0.25, 0.3) is 0 Å². The fourth-order valence-electron chi connectivity index (χ4n) is 3.73. The lowest BCUT2D eigenvalue weighted by Crippen LogP contribution is -2.34. The van der Waals surface area contributed by atoms with Crippen molar-refractivity contribution in [3.05, 3.63) is 83.1 Å². The molecule has 0 saturated heterocycles. The van der Waals surface area contributed by atoms with Gasteiger partial charge < -0.3 is 15.1 Å². The molecule has 1 unspecified atom stereocenters. The molecule has 3 aromatic rings. The van der Waals surface area contributed by atoms with E-state index in [2.05, 4.69) is 10.3 Å². The van der Waals surface area contributed by atoms with E-state index in [1.807, 2.05) is 61.5 Å². The fraction of sp³-hybridized carbons (Fsp3) is 0.200. The van der Waals surface area contributed by atoms with Gasteiger partial charge in [0.15, 0.2) is 0 Å². The van der Waals surface area contributed by atoms with Gasteiger partial charge in [0, 0.05) is 41.4 Å². The average Bonchev–Trinajstić information content (AvgIpc) is 3.12. The Bertz CT molecular complexity index is 1210. The van der Waals surface area contributed by atoms with Crippen LogP contribution in [0.15, 0.2) is 72.0 Å². The number of aromatic nitrogens is 1. The Labute approximate surface area is 197 Å². The number of amides is 2. The van der Waals surface area contributed by atoms with Crippen molar-refractivity contribution < 1.29 is 9.59 Å². The van der Waals surface area contributed by atoms with E-state index in [0.29, 0.717) is 28.7 Å². The first kappa shape index (κ1) is 22.6. The van der Waals surface area contributed by atoms with Gasteiger partial charge in [-0.25, -0.2) is 0 Å². The monoisotopic (exact) mass is 461 g/mol. The van der Waals surface area contributed by atoms with Gasteiger partial charge in [-0.05, 0) is 68.2 Å². The predicted octanol–water partition coefficient (Wildman–Crippen LogP) is 4.12. The SMILES string of the molecule is CN(C)CC(=O)N(C)c1ccc(N=C(c2ccncc2)C2C(=O)Nc3cc(Cl)ccc32)cc1. The molecule has 0 bridgehead atoms. The first-order valence-corrected chi connectivity index (χ1v) is 10.8. The van der Waals surface area contributed by atoms with Crippen molar-refractivity contribution in [3.63, 3.8) is 0 Å². The van der Waals surface area contributed by atoms with Gasteiger partial charge >= 0.3 is 0 Å². The van der Waals surface area contributed by atoms with Crippen LogP contribution < -0.4 is 10.2 Å². The average molecular weight is 462 g/mol. The summed E-state index contributed by atoms with van der Waals surface area (Å²) in [6.45, 7) is 0.322. The topological polar surface area (TPSA) is 77.9 Å². The summed E-state index contributed by atoms with van der Waals surface area (Å²) >= 11 is 6.12. The van der Waals surface area contributed by atoms with Crippen molar-refractivity contribution in [2.75, 3.05) is 37.9 Å². The molecule has 1 aliphatic heterocycles. The van der Waals surface area contributed by atoms with Gasteiger partial charge in [-0.1, -0.05) is 17.7 Å². The van der Waals surface area contributed by atoms with Crippen LogP contribution in [-0.2, 0) is 9.59 Å². The number of carbonyl (C=O) groups excluding carboxylic acids is 2. The zero-order chi connectivity index (χ0) is 23.5. The highest BCUT2D eigenvalue weighted by atomic mass is 35.5. The second-order valence-corrected chi connectivity index (χ2v) is 8.53. The van der Waals surface area contributed by atoms with Crippen molar-refractivity contribution in [1.82, 2.24) is 9.88 Å². The van der Waals surface area contributed by atoms with Crippen LogP contribution in [0.25, 0.3) is 0 Å². The summed E-state index contributed by atoms with van der Waals surface area (Å²) < 4.78 is 0. The van der Waals surface area contributed by atoms with E-state index < -0.39 is 5.92 Å². The van der Waals surface area contributed by atoms with Crippen LogP contribution in [0.5, 0.6) is 0 Å². The van der Waals surface area contributed by atoms with E-state index in [9.17, 15) is 9.59 Å². The zero-order valence-corrected chi connectivity index (χ0v) is 19.4. The minimum absolute atomic E-state index is 0.00776. The minimum atomic E-state index is -0.580. The van der Waals surface area contributed by atoms with Crippen LogP contribution in [-0.4, -0.2) is 55.1 Å². The Morgan fingerprint density at radius 2 is 1.76 bits per heavy atom. The number of aliphatic imine (C=N–C) groups is 1. The quantitative estimate of drug-likeness (QED) is 0.560. The third-order valence-electron chi connectivity index (χ3n) is 5.41. The van der Waals surface area contributed by atoms with Crippen molar-refractivity contribution in [3.8, 4) is 0 Å². The number of fused-ring (bicyclic) bond motifs is 1. The molecule has 33 heavy (non-hydrogen) atoms. The summed E-state index contributed by atoms with van der Waals surface area (Å²) in [5.74, 6) is -0.747. The molecule has 2 aromatic carbocycles. The lowest BCUT2D eigenvalue weighted by Gasteiger charge is -2.20. The molecule has 0 saturated carbocycles. The van der Waals surface area contributed by atoms with Crippen LogP contribution >= 0.6 is 11.6 Å². The molecule has 1 atom stereocenters. The summed E-state index contributed by atoms with van der Waals surface area (Å²) in [6, 6.07) is 16.4. The lowest BCUT2D eigenvalue weighted by molar-refractivity contribution is -0.119. The number of nitrogens with one attached hydrogen (secondary N) is 1. The number of pyridine rings is 1. The Hall–Kier alpha value is -3.55. The number of anilines is 2. The number of hydrogen-bond acceptors (Lipinski definition) is 5. The Balaban J connectivity index is 1.71. The smallest absolute Gasteiger partial charge is 0.240 e. The van der Waals surface area contributed by atoms with Gasteiger partial charge in [0.2, 0.25) is 11.8 Å². The van der Waals surface area contributed by atoms with Crippen LogP contribution in [0.2, 0.25) is 5.02 Å². The van der Waals surface area contributed by atoms with Gasteiger partial charge in [-0.15, -0.1) is 0 Å². The predicted molar refractivity (Wildman–Crippen MR) is 132 cm³/mol. The van der Waals surface area contributed by atoms with Crippen LogP contribution in [0.1, 0.15) is 17.0 Å². The molecule has 0 spiro atoms. The number of benzene rings is 2. The third kappa shape index (κ3) is 4.94. The van der Waals surface area contributed by atoms with E-state index in [-0.39, 0.29) is 11.8 Å². The van der Waals surface area contributed by atoms with Crippen molar-refractivity contribution in [2.24, 2.45) is 4.99 Å². The molecule has 0 radical (unpaired) electrons. The zero-order valence-electron chi connectivity index (χ0n) is 18.6. The lowest BCUT2D eigenvalue weighted by atomic mass is 9.91. The number of halogens is 1. The summed E-state index contributed by atoms with van der Waals surface area (Å²) in [6.07, 6.45) is 3.35. The van der Waals surface area contributed by atoms with E-state index in [1.165, 1.54) is 0 Å². The minimum Gasteiger partial charge on any atom is -0.325 e. The summed E-state index contributed by atoms with van der Waals surface area (Å²) in [5.41, 5.74) is 4.37. The summed E-state index contributed by atoms with van der Waals surface area (Å²) in [4.78, 5) is 37.7. The van der Waals surface area contributed by atoms with Gasteiger partial charge in [0.1, 0.15) is 5.92 Å². The van der Waals surface area contributed by atoms with E-state index in [4.69, 9.17) is 16.6 Å². The molecule has 1 aliphatic rings. The maximum absolute atomic E-state index is 13.0. The van der Waals surface area contributed by atoms with Gasteiger partial charge in [-0.2, -0.15) is 0 Å². The molecule has 0 aliphatic carbocycles. The Morgan fingerprint density at radius 3 is 2.42 bits per heavy atom. The van der Waals surface area contributed by atoms with Crippen LogP contribution in [0, 0.1) is 0 Å². The molecular formula is C25H24ClN5O2. The Morgan fingerprint density at radius 1 is 1.06 bits per heavy atom.